The Morgan fingerprint density at radius 3 is 2.67 bits per heavy atom. The van der Waals surface area contributed by atoms with E-state index in [1.807, 2.05) is 4.90 Å². The van der Waals surface area contributed by atoms with Crippen LogP contribution in [-0.4, -0.2) is 30.5 Å². The fraction of sp³-hybridized carbons (Fsp3) is 0.529. The average Bonchev–Trinajstić information content (AvgIpc) is 2.60. The van der Waals surface area contributed by atoms with Gasteiger partial charge in [-0.05, 0) is 42.5 Å². The molecule has 1 aromatic carbocycles. The van der Waals surface area contributed by atoms with E-state index in [1.165, 1.54) is 0 Å². The number of carbonyl (C=O) groups excluding carboxylic acids is 1. The highest BCUT2D eigenvalue weighted by atomic mass is 16.5. The van der Waals surface area contributed by atoms with Gasteiger partial charge < -0.3 is 9.64 Å². The molecule has 4 nitrogen and oxygen atoms in total. The predicted octanol–water partition coefficient (Wildman–Crippen LogP) is 2.98. The van der Waals surface area contributed by atoms with Gasteiger partial charge in [-0.25, -0.2) is 0 Å². The minimum absolute atomic E-state index is 0.226. The Balaban J connectivity index is 1.82. The number of nitrogens with zero attached hydrogens (tertiary/aromatic N) is 2. The normalized spacial score (nSPS) is 18.0. The number of carbonyl (C=O) groups is 1. The van der Waals surface area contributed by atoms with Crippen LogP contribution in [0.4, 0.5) is 0 Å². The van der Waals surface area contributed by atoms with Crippen LogP contribution in [0.2, 0.25) is 0 Å². The standard InChI is InChI=1S/C17H22N2O2/c1-17(2)8-7-16(20)19(10-9-17)11-12-21-15-5-3-14(13-18)4-6-15/h3-6H,7-12H2,1-2H3. The summed E-state index contributed by atoms with van der Waals surface area (Å²) in [5.74, 6) is 0.959. The van der Waals surface area contributed by atoms with Crippen molar-refractivity contribution < 1.29 is 9.53 Å². The Kier molecular flexibility index (Phi) is 4.85. The molecule has 1 saturated heterocycles. The monoisotopic (exact) mass is 286 g/mol. The SMILES string of the molecule is CC1(C)CCC(=O)N(CCOc2ccc(C#N)cc2)CC1. The van der Waals surface area contributed by atoms with E-state index in [0.29, 0.717) is 25.1 Å². The molecule has 0 unspecified atom stereocenters. The highest BCUT2D eigenvalue weighted by Gasteiger charge is 2.27. The lowest BCUT2D eigenvalue weighted by Gasteiger charge is -2.23. The first-order chi connectivity index (χ1) is 10.00. The number of nitriles is 1. The van der Waals surface area contributed by atoms with Gasteiger partial charge in [0.05, 0.1) is 18.2 Å². The minimum Gasteiger partial charge on any atom is -0.492 e. The van der Waals surface area contributed by atoms with Crippen molar-refractivity contribution in [3.63, 3.8) is 0 Å². The van der Waals surface area contributed by atoms with Crippen molar-refractivity contribution >= 4 is 5.91 Å². The third-order valence-corrected chi connectivity index (χ3v) is 4.04. The number of amides is 1. The van der Waals surface area contributed by atoms with E-state index in [4.69, 9.17) is 10.00 Å². The summed E-state index contributed by atoms with van der Waals surface area (Å²) >= 11 is 0. The van der Waals surface area contributed by atoms with Gasteiger partial charge in [-0.2, -0.15) is 5.26 Å². The van der Waals surface area contributed by atoms with Gasteiger partial charge >= 0.3 is 0 Å². The molecule has 1 aliphatic rings. The molecule has 0 saturated carbocycles. The van der Waals surface area contributed by atoms with Gasteiger partial charge in [-0.3, -0.25) is 4.79 Å². The van der Waals surface area contributed by atoms with Crippen LogP contribution in [0.25, 0.3) is 0 Å². The van der Waals surface area contributed by atoms with E-state index >= 15 is 0 Å². The highest BCUT2D eigenvalue weighted by molar-refractivity contribution is 5.76. The fourth-order valence-corrected chi connectivity index (χ4v) is 2.43. The van der Waals surface area contributed by atoms with Gasteiger partial charge in [0.1, 0.15) is 12.4 Å². The maximum Gasteiger partial charge on any atom is 0.222 e. The lowest BCUT2D eigenvalue weighted by molar-refractivity contribution is -0.131. The van der Waals surface area contributed by atoms with Crippen LogP contribution < -0.4 is 4.74 Å². The van der Waals surface area contributed by atoms with Gasteiger partial charge in [-0.15, -0.1) is 0 Å². The van der Waals surface area contributed by atoms with Crippen molar-refractivity contribution in [2.24, 2.45) is 5.41 Å². The molecule has 2 rings (SSSR count). The molecular formula is C17H22N2O2. The van der Waals surface area contributed by atoms with Crippen molar-refractivity contribution in [3.05, 3.63) is 29.8 Å². The summed E-state index contributed by atoms with van der Waals surface area (Å²) in [6, 6.07) is 9.10. The minimum atomic E-state index is 0.226. The molecule has 0 aliphatic carbocycles. The highest BCUT2D eigenvalue weighted by Crippen LogP contribution is 2.30. The molecule has 0 atom stereocenters. The van der Waals surface area contributed by atoms with Crippen LogP contribution in [0.1, 0.15) is 38.7 Å². The lowest BCUT2D eigenvalue weighted by atomic mass is 9.85. The molecule has 0 bridgehead atoms. The molecule has 4 heteroatoms. The molecule has 21 heavy (non-hydrogen) atoms. The molecule has 112 valence electrons. The lowest BCUT2D eigenvalue weighted by Crippen LogP contribution is -2.34. The zero-order chi connectivity index (χ0) is 15.3. The second-order valence-electron chi connectivity index (χ2n) is 6.28. The van der Waals surface area contributed by atoms with Crippen LogP contribution in [0.5, 0.6) is 5.75 Å². The number of likely N-dealkylation sites (tertiary alicyclic amines) is 1. The Bertz CT molecular complexity index is 529. The molecular weight excluding hydrogens is 264 g/mol. The van der Waals surface area contributed by atoms with Crippen molar-refractivity contribution in [1.82, 2.24) is 4.90 Å². The van der Waals surface area contributed by atoms with Crippen molar-refractivity contribution in [3.8, 4) is 11.8 Å². The first-order valence-corrected chi connectivity index (χ1v) is 7.41. The molecule has 0 N–H and O–H groups in total. The largest absolute Gasteiger partial charge is 0.492 e. The van der Waals surface area contributed by atoms with Crippen LogP contribution >= 0.6 is 0 Å². The first-order valence-electron chi connectivity index (χ1n) is 7.41. The topological polar surface area (TPSA) is 53.3 Å². The number of rotatable bonds is 4. The summed E-state index contributed by atoms with van der Waals surface area (Å²) in [5, 5.41) is 8.74. The van der Waals surface area contributed by atoms with Crippen molar-refractivity contribution in [2.75, 3.05) is 19.7 Å². The molecule has 1 heterocycles. The molecule has 1 aromatic rings. The zero-order valence-corrected chi connectivity index (χ0v) is 12.8. The quantitative estimate of drug-likeness (QED) is 0.855. The molecule has 0 aromatic heterocycles. The average molecular weight is 286 g/mol. The summed E-state index contributed by atoms with van der Waals surface area (Å²) in [6.07, 6.45) is 2.62. The van der Waals surface area contributed by atoms with Gasteiger partial charge in [-0.1, -0.05) is 13.8 Å². The van der Waals surface area contributed by atoms with Crippen LogP contribution in [0.3, 0.4) is 0 Å². The predicted molar refractivity (Wildman–Crippen MR) is 80.9 cm³/mol. The van der Waals surface area contributed by atoms with Gasteiger partial charge in [0.15, 0.2) is 0 Å². The summed E-state index contributed by atoms with van der Waals surface area (Å²) in [6.45, 7) is 6.35. The Hall–Kier alpha value is -2.02. The van der Waals surface area contributed by atoms with Gasteiger partial charge in [0.2, 0.25) is 5.91 Å². The number of hydrogen-bond donors (Lipinski definition) is 0. The third-order valence-electron chi connectivity index (χ3n) is 4.04. The molecule has 0 radical (unpaired) electrons. The van der Waals surface area contributed by atoms with E-state index in [9.17, 15) is 4.79 Å². The fourth-order valence-electron chi connectivity index (χ4n) is 2.43. The van der Waals surface area contributed by atoms with Crippen molar-refractivity contribution in [2.45, 2.75) is 33.1 Å². The van der Waals surface area contributed by atoms with E-state index in [0.717, 1.165) is 25.1 Å². The second-order valence-corrected chi connectivity index (χ2v) is 6.28. The smallest absolute Gasteiger partial charge is 0.222 e. The number of ether oxygens (including phenoxy) is 1. The maximum absolute atomic E-state index is 12.1. The summed E-state index contributed by atoms with van der Waals surface area (Å²) in [7, 11) is 0. The molecule has 0 spiro atoms. The number of hydrogen-bond acceptors (Lipinski definition) is 3. The molecule has 1 aliphatic heterocycles. The van der Waals surface area contributed by atoms with Crippen LogP contribution in [0.15, 0.2) is 24.3 Å². The zero-order valence-electron chi connectivity index (χ0n) is 12.8. The van der Waals surface area contributed by atoms with Crippen LogP contribution in [0, 0.1) is 16.7 Å². The summed E-state index contributed by atoms with van der Waals surface area (Å²) in [5.41, 5.74) is 0.866. The summed E-state index contributed by atoms with van der Waals surface area (Å²) < 4.78 is 5.65. The third kappa shape index (κ3) is 4.49. The number of benzene rings is 1. The van der Waals surface area contributed by atoms with Crippen LogP contribution in [-0.2, 0) is 4.79 Å². The van der Waals surface area contributed by atoms with Crippen molar-refractivity contribution in [1.29, 1.82) is 5.26 Å². The van der Waals surface area contributed by atoms with E-state index in [1.54, 1.807) is 24.3 Å². The second kappa shape index (κ2) is 6.62. The summed E-state index contributed by atoms with van der Waals surface area (Å²) in [4.78, 5) is 14.0. The molecule has 1 amide bonds. The molecule has 1 fully saturated rings. The van der Waals surface area contributed by atoms with E-state index < -0.39 is 0 Å². The Morgan fingerprint density at radius 2 is 2.00 bits per heavy atom. The van der Waals surface area contributed by atoms with E-state index in [-0.39, 0.29) is 11.3 Å². The van der Waals surface area contributed by atoms with Gasteiger partial charge in [0.25, 0.3) is 0 Å². The first kappa shape index (κ1) is 15.4. The Morgan fingerprint density at radius 1 is 1.29 bits per heavy atom. The van der Waals surface area contributed by atoms with E-state index in [2.05, 4.69) is 19.9 Å². The Labute approximate surface area is 126 Å². The van der Waals surface area contributed by atoms with Gasteiger partial charge in [0, 0.05) is 13.0 Å². The maximum atomic E-state index is 12.1.